The quantitative estimate of drug-likeness (QED) is 0.865. The second-order valence-electron chi connectivity index (χ2n) is 5.39. The zero-order valence-electron chi connectivity index (χ0n) is 12.1. The highest BCUT2D eigenvalue weighted by atomic mass is 19.4. The van der Waals surface area contributed by atoms with Crippen LogP contribution < -0.4 is 0 Å². The van der Waals surface area contributed by atoms with Crippen LogP contribution in [-0.2, 0) is 11.3 Å². The van der Waals surface area contributed by atoms with Crippen LogP contribution in [0.5, 0.6) is 0 Å². The molecule has 0 radical (unpaired) electrons. The summed E-state index contributed by atoms with van der Waals surface area (Å²) >= 11 is 0. The molecule has 1 atom stereocenters. The molecule has 1 fully saturated rings. The molecule has 0 aliphatic carbocycles. The van der Waals surface area contributed by atoms with Gasteiger partial charge in [-0.25, -0.2) is 0 Å². The van der Waals surface area contributed by atoms with Crippen molar-refractivity contribution in [3.05, 3.63) is 24.2 Å². The van der Waals surface area contributed by atoms with Crippen LogP contribution in [0.15, 0.2) is 22.8 Å². The maximum Gasteiger partial charge on any atom is 0.406 e. The molecule has 1 saturated heterocycles. The molecule has 0 saturated carbocycles. The van der Waals surface area contributed by atoms with Crippen LogP contribution in [-0.4, -0.2) is 59.3 Å². The Morgan fingerprint density at radius 2 is 2.27 bits per heavy atom. The monoisotopic (exact) mass is 320 g/mol. The van der Waals surface area contributed by atoms with Gasteiger partial charge in [-0.2, -0.15) is 13.2 Å². The number of amides is 1. The predicted molar refractivity (Wildman–Crippen MR) is 71.9 cm³/mol. The molecule has 22 heavy (non-hydrogen) atoms. The number of carbonyl (C=O) groups is 1. The average molecular weight is 320 g/mol. The fraction of sp³-hybridized carbons (Fsp3) is 0.643. The van der Waals surface area contributed by atoms with Crippen molar-refractivity contribution in [1.29, 1.82) is 0 Å². The standard InChI is InChI=1S/C14H19F3N2O3/c15-14(16,17)10-19(7-12-4-2-6-22-12)13(21)8-18-5-1-3-11(18)9-20/h2,4,6,11,20H,1,3,5,7-10H2/t11-/m0/s1. The first kappa shape index (κ1) is 16.8. The van der Waals surface area contributed by atoms with Crippen LogP contribution in [0, 0.1) is 0 Å². The highest BCUT2D eigenvalue weighted by Crippen LogP contribution is 2.20. The number of hydrogen-bond acceptors (Lipinski definition) is 4. The number of furan rings is 1. The van der Waals surface area contributed by atoms with Gasteiger partial charge in [0.2, 0.25) is 5.91 Å². The Kier molecular flexibility index (Phi) is 5.47. The van der Waals surface area contributed by atoms with Gasteiger partial charge in [0.05, 0.1) is 26.0 Å². The maximum absolute atomic E-state index is 12.7. The van der Waals surface area contributed by atoms with Crippen molar-refractivity contribution in [3.8, 4) is 0 Å². The molecule has 1 aliphatic heterocycles. The summed E-state index contributed by atoms with van der Waals surface area (Å²) in [5, 5.41) is 9.22. The third-order valence-electron chi connectivity index (χ3n) is 3.70. The van der Waals surface area contributed by atoms with E-state index in [1.807, 2.05) is 0 Å². The van der Waals surface area contributed by atoms with E-state index in [0.717, 1.165) is 17.7 Å². The summed E-state index contributed by atoms with van der Waals surface area (Å²) in [6, 6.07) is 2.94. The van der Waals surface area contributed by atoms with Crippen LogP contribution in [0.1, 0.15) is 18.6 Å². The zero-order chi connectivity index (χ0) is 16.2. The summed E-state index contributed by atoms with van der Waals surface area (Å²) < 4.78 is 43.0. The van der Waals surface area contributed by atoms with Gasteiger partial charge < -0.3 is 14.4 Å². The molecule has 1 aliphatic rings. The van der Waals surface area contributed by atoms with E-state index in [4.69, 9.17) is 4.42 Å². The van der Waals surface area contributed by atoms with Crippen molar-refractivity contribution in [2.45, 2.75) is 31.6 Å². The van der Waals surface area contributed by atoms with Gasteiger partial charge >= 0.3 is 6.18 Å². The highest BCUT2D eigenvalue weighted by molar-refractivity contribution is 5.78. The number of aliphatic hydroxyl groups is 1. The Morgan fingerprint density at radius 3 is 2.86 bits per heavy atom. The summed E-state index contributed by atoms with van der Waals surface area (Å²) in [4.78, 5) is 14.7. The van der Waals surface area contributed by atoms with Crippen LogP contribution in [0.3, 0.4) is 0 Å². The molecule has 2 rings (SSSR count). The topological polar surface area (TPSA) is 56.9 Å². The SMILES string of the molecule is O=C(CN1CCC[C@H]1CO)N(Cc1ccco1)CC(F)(F)F. The first-order chi connectivity index (χ1) is 10.4. The van der Waals surface area contributed by atoms with Crippen LogP contribution >= 0.6 is 0 Å². The Balaban J connectivity index is 2.01. The van der Waals surface area contributed by atoms with Gasteiger partial charge in [0.25, 0.3) is 0 Å². The number of carbonyl (C=O) groups excluding carboxylic acids is 1. The van der Waals surface area contributed by atoms with Crippen molar-refractivity contribution in [2.75, 3.05) is 26.2 Å². The maximum atomic E-state index is 12.7. The molecule has 8 heteroatoms. The number of nitrogens with zero attached hydrogens (tertiary/aromatic N) is 2. The lowest BCUT2D eigenvalue weighted by atomic mass is 10.2. The minimum absolute atomic E-state index is 0.0925. The second kappa shape index (κ2) is 7.15. The Bertz CT molecular complexity index is 476. The lowest BCUT2D eigenvalue weighted by Gasteiger charge is -2.28. The van der Waals surface area contributed by atoms with E-state index in [9.17, 15) is 23.1 Å². The molecule has 1 aromatic rings. The molecule has 2 heterocycles. The van der Waals surface area contributed by atoms with Gasteiger partial charge in [-0.3, -0.25) is 9.69 Å². The molecule has 124 valence electrons. The summed E-state index contributed by atoms with van der Waals surface area (Å²) in [5.74, 6) is -0.313. The van der Waals surface area contributed by atoms with Crippen LogP contribution in [0.4, 0.5) is 13.2 Å². The molecule has 0 aromatic carbocycles. The van der Waals surface area contributed by atoms with E-state index < -0.39 is 18.6 Å². The van der Waals surface area contributed by atoms with Crippen LogP contribution in [0.25, 0.3) is 0 Å². The first-order valence-electron chi connectivity index (χ1n) is 7.11. The summed E-state index contributed by atoms with van der Waals surface area (Å²) in [6.07, 6.45) is -1.53. The summed E-state index contributed by atoms with van der Waals surface area (Å²) in [6.45, 7) is -1.14. The normalized spacial score (nSPS) is 19.5. The van der Waals surface area contributed by atoms with Crippen molar-refractivity contribution < 1.29 is 27.5 Å². The van der Waals surface area contributed by atoms with Crippen molar-refractivity contribution in [1.82, 2.24) is 9.80 Å². The smallest absolute Gasteiger partial charge is 0.406 e. The van der Waals surface area contributed by atoms with Crippen molar-refractivity contribution in [3.63, 3.8) is 0 Å². The van der Waals surface area contributed by atoms with Crippen LogP contribution in [0.2, 0.25) is 0 Å². The molecule has 5 nitrogen and oxygen atoms in total. The molecule has 1 amide bonds. The van der Waals surface area contributed by atoms with E-state index in [1.54, 1.807) is 11.0 Å². The lowest BCUT2D eigenvalue weighted by molar-refractivity contribution is -0.163. The third-order valence-corrected chi connectivity index (χ3v) is 3.70. The van der Waals surface area contributed by atoms with E-state index in [-0.39, 0.29) is 25.7 Å². The number of alkyl halides is 3. The molecule has 0 unspecified atom stereocenters. The predicted octanol–water partition coefficient (Wildman–Crippen LogP) is 1.63. The van der Waals surface area contributed by atoms with Gasteiger partial charge in [0, 0.05) is 6.04 Å². The van der Waals surface area contributed by atoms with Gasteiger partial charge in [0.15, 0.2) is 0 Å². The number of hydrogen-bond donors (Lipinski definition) is 1. The molecule has 1 N–H and O–H groups in total. The van der Waals surface area contributed by atoms with E-state index >= 15 is 0 Å². The fourth-order valence-electron chi connectivity index (χ4n) is 2.62. The summed E-state index contributed by atoms with van der Waals surface area (Å²) in [5.41, 5.74) is 0. The summed E-state index contributed by atoms with van der Waals surface area (Å²) in [7, 11) is 0. The van der Waals surface area contributed by atoms with Crippen molar-refractivity contribution in [2.24, 2.45) is 0 Å². The molecule has 1 aromatic heterocycles. The number of halogens is 3. The number of rotatable bonds is 6. The number of aliphatic hydroxyl groups excluding tert-OH is 1. The van der Waals surface area contributed by atoms with Gasteiger partial charge in [-0.1, -0.05) is 0 Å². The Labute approximate surface area is 126 Å². The van der Waals surface area contributed by atoms with E-state index in [0.29, 0.717) is 12.3 Å². The van der Waals surface area contributed by atoms with Gasteiger partial charge in [-0.15, -0.1) is 0 Å². The minimum atomic E-state index is -4.47. The molecule has 0 bridgehead atoms. The fourth-order valence-corrected chi connectivity index (χ4v) is 2.62. The van der Waals surface area contributed by atoms with E-state index in [1.165, 1.54) is 12.3 Å². The van der Waals surface area contributed by atoms with E-state index in [2.05, 4.69) is 0 Å². The highest BCUT2D eigenvalue weighted by Gasteiger charge is 2.35. The number of likely N-dealkylation sites (tertiary alicyclic amines) is 1. The van der Waals surface area contributed by atoms with Crippen molar-refractivity contribution >= 4 is 5.91 Å². The molecular weight excluding hydrogens is 301 g/mol. The second-order valence-corrected chi connectivity index (χ2v) is 5.39. The Morgan fingerprint density at radius 1 is 1.50 bits per heavy atom. The third kappa shape index (κ3) is 4.74. The first-order valence-corrected chi connectivity index (χ1v) is 7.11. The minimum Gasteiger partial charge on any atom is -0.467 e. The molecular formula is C14H19F3N2O3. The Hall–Kier alpha value is -1.54. The van der Waals surface area contributed by atoms with Gasteiger partial charge in [0.1, 0.15) is 12.3 Å². The largest absolute Gasteiger partial charge is 0.467 e. The lowest BCUT2D eigenvalue weighted by Crippen LogP contribution is -2.45. The zero-order valence-corrected chi connectivity index (χ0v) is 12.1. The molecule has 0 spiro atoms. The average Bonchev–Trinajstić information content (AvgIpc) is 3.07. The van der Waals surface area contributed by atoms with Gasteiger partial charge in [-0.05, 0) is 31.5 Å².